The van der Waals surface area contributed by atoms with Gasteiger partial charge in [-0.25, -0.2) is 0 Å². The minimum Gasteiger partial charge on any atom is -0.454 e. The highest BCUT2D eigenvalue weighted by Crippen LogP contribution is 2.36. The van der Waals surface area contributed by atoms with Gasteiger partial charge in [0.2, 0.25) is 6.79 Å². The van der Waals surface area contributed by atoms with Gasteiger partial charge in [0.25, 0.3) is 0 Å². The Hall–Kier alpha value is -1.26. The molecule has 2 unspecified atom stereocenters. The first-order valence-corrected chi connectivity index (χ1v) is 5.01. The molecule has 4 N–H and O–H groups in total. The third-order valence-electron chi connectivity index (χ3n) is 2.69. The zero-order valence-corrected chi connectivity index (χ0v) is 8.99. The molecule has 0 aromatic heterocycles. The first-order chi connectivity index (χ1) is 7.09. The number of hydrogen-bond donors (Lipinski definition) is 2. The van der Waals surface area contributed by atoms with Crippen LogP contribution in [0.2, 0.25) is 0 Å². The highest BCUT2D eigenvalue weighted by molar-refractivity contribution is 5.49. The Morgan fingerprint density at radius 2 is 1.80 bits per heavy atom. The van der Waals surface area contributed by atoms with Crippen LogP contribution in [-0.4, -0.2) is 12.8 Å². The van der Waals surface area contributed by atoms with E-state index in [0.717, 1.165) is 22.6 Å². The molecule has 2 rings (SSSR count). The highest BCUT2D eigenvalue weighted by atomic mass is 16.7. The van der Waals surface area contributed by atoms with Crippen LogP contribution in [0.15, 0.2) is 12.1 Å². The Balaban J connectivity index is 2.40. The van der Waals surface area contributed by atoms with Gasteiger partial charge in [0.15, 0.2) is 11.5 Å². The standard InChI is InChI=1S/C11H16N2O2/c1-6-3-9-10(15-5-14-9)4-8(6)11(13)7(2)12/h3-4,7,11H,5,12-13H2,1-2H3. The second kappa shape index (κ2) is 3.72. The normalized spacial score (nSPS) is 17.6. The van der Waals surface area contributed by atoms with Crippen molar-refractivity contribution in [2.75, 3.05) is 6.79 Å². The van der Waals surface area contributed by atoms with Gasteiger partial charge in [-0.1, -0.05) is 0 Å². The van der Waals surface area contributed by atoms with Crippen LogP contribution in [-0.2, 0) is 0 Å². The second-order valence-electron chi connectivity index (χ2n) is 3.95. The molecule has 0 amide bonds. The van der Waals surface area contributed by atoms with Crippen molar-refractivity contribution >= 4 is 0 Å². The third-order valence-corrected chi connectivity index (χ3v) is 2.69. The van der Waals surface area contributed by atoms with Crippen LogP contribution in [0.3, 0.4) is 0 Å². The molecule has 0 saturated carbocycles. The smallest absolute Gasteiger partial charge is 0.231 e. The fraction of sp³-hybridized carbons (Fsp3) is 0.455. The van der Waals surface area contributed by atoms with E-state index in [4.69, 9.17) is 20.9 Å². The molecule has 1 aliphatic heterocycles. The maximum absolute atomic E-state index is 6.01. The fourth-order valence-electron chi connectivity index (χ4n) is 1.70. The molecule has 0 saturated heterocycles. The van der Waals surface area contributed by atoms with Crippen molar-refractivity contribution in [2.24, 2.45) is 11.5 Å². The predicted molar refractivity (Wildman–Crippen MR) is 57.9 cm³/mol. The maximum Gasteiger partial charge on any atom is 0.231 e. The summed E-state index contributed by atoms with van der Waals surface area (Å²) in [5.41, 5.74) is 13.9. The summed E-state index contributed by atoms with van der Waals surface area (Å²) in [5, 5.41) is 0. The number of hydrogen-bond acceptors (Lipinski definition) is 4. The van der Waals surface area contributed by atoms with E-state index in [1.54, 1.807) is 0 Å². The van der Waals surface area contributed by atoms with Gasteiger partial charge < -0.3 is 20.9 Å². The first-order valence-electron chi connectivity index (χ1n) is 5.01. The lowest BCUT2D eigenvalue weighted by Gasteiger charge is -2.18. The summed E-state index contributed by atoms with van der Waals surface area (Å²) in [7, 11) is 0. The van der Waals surface area contributed by atoms with Crippen molar-refractivity contribution in [1.82, 2.24) is 0 Å². The molecule has 2 atom stereocenters. The van der Waals surface area contributed by atoms with Gasteiger partial charge >= 0.3 is 0 Å². The molecule has 0 fully saturated rings. The monoisotopic (exact) mass is 208 g/mol. The van der Waals surface area contributed by atoms with Crippen molar-refractivity contribution in [2.45, 2.75) is 25.9 Å². The Morgan fingerprint density at radius 1 is 1.20 bits per heavy atom. The lowest BCUT2D eigenvalue weighted by molar-refractivity contribution is 0.174. The Morgan fingerprint density at radius 3 is 2.40 bits per heavy atom. The summed E-state index contributed by atoms with van der Waals surface area (Å²) >= 11 is 0. The van der Waals surface area contributed by atoms with E-state index in [0.29, 0.717) is 0 Å². The molecule has 0 aliphatic carbocycles. The molecule has 15 heavy (non-hydrogen) atoms. The number of aryl methyl sites for hydroxylation is 1. The van der Waals surface area contributed by atoms with Gasteiger partial charge in [0.05, 0.1) is 0 Å². The van der Waals surface area contributed by atoms with Crippen molar-refractivity contribution < 1.29 is 9.47 Å². The Bertz CT molecular complexity index is 377. The molecule has 0 radical (unpaired) electrons. The van der Waals surface area contributed by atoms with Gasteiger partial charge in [-0.3, -0.25) is 0 Å². The summed E-state index contributed by atoms with van der Waals surface area (Å²) in [6, 6.07) is 3.62. The molecule has 0 bridgehead atoms. The molecule has 4 heteroatoms. The molecule has 1 aromatic rings. The van der Waals surface area contributed by atoms with E-state index in [9.17, 15) is 0 Å². The lowest BCUT2D eigenvalue weighted by Crippen LogP contribution is -2.31. The van der Waals surface area contributed by atoms with Crippen molar-refractivity contribution in [3.05, 3.63) is 23.3 Å². The SMILES string of the molecule is Cc1cc2c(cc1C(N)C(C)N)OCO2. The van der Waals surface area contributed by atoms with E-state index in [2.05, 4.69) is 0 Å². The average Bonchev–Trinajstić information content (AvgIpc) is 2.62. The fourth-order valence-corrected chi connectivity index (χ4v) is 1.70. The van der Waals surface area contributed by atoms with Crippen LogP contribution in [0.4, 0.5) is 0 Å². The van der Waals surface area contributed by atoms with Gasteiger partial charge in [-0.15, -0.1) is 0 Å². The average molecular weight is 208 g/mol. The Labute approximate surface area is 89.2 Å². The van der Waals surface area contributed by atoms with Crippen LogP contribution in [0.1, 0.15) is 24.1 Å². The lowest BCUT2D eigenvalue weighted by atomic mass is 9.97. The number of benzene rings is 1. The van der Waals surface area contributed by atoms with E-state index in [-0.39, 0.29) is 18.9 Å². The summed E-state index contributed by atoms with van der Waals surface area (Å²) in [4.78, 5) is 0. The molecule has 0 spiro atoms. The summed E-state index contributed by atoms with van der Waals surface area (Å²) in [5.74, 6) is 1.54. The molecular weight excluding hydrogens is 192 g/mol. The minimum absolute atomic E-state index is 0.0796. The van der Waals surface area contributed by atoms with E-state index in [1.165, 1.54) is 0 Å². The quantitative estimate of drug-likeness (QED) is 0.762. The van der Waals surface area contributed by atoms with Crippen LogP contribution in [0.25, 0.3) is 0 Å². The molecule has 1 aromatic carbocycles. The number of rotatable bonds is 2. The maximum atomic E-state index is 6.01. The summed E-state index contributed by atoms with van der Waals surface area (Å²) in [6.07, 6.45) is 0. The molecule has 82 valence electrons. The summed E-state index contributed by atoms with van der Waals surface area (Å²) in [6.45, 7) is 4.18. The zero-order valence-electron chi connectivity index (χ0n) is 8.99. The topological polar surface area (TPSA) is 70.5 Å². The zero-order chi connectivity index (χ0) is 11.0. The number of fused-ring (bicyclic) bond motifs is 1. The summed E-state index contributed by atoms with van der Waals surface area (Å²) < 4.78 is 10.6. The molecule has 4 nitrogen and oxygen atoms in total. The van der Waals surface area contributed by atoms with Gasteiger partial charge in [0, 0.05) is 12.1 Å². The Kier molecular flexibility index (Phi) is 2.54. The predicted octanol–water partition coefficient (Wildman–Crippen LogP) is 1.07. The van der Waals surface area contributed by atoms with Crippen LogP contribution in [0.5, 0.6) is 11.5 Å². The van der Waals surface area contributed by atoms with E-state index in [1.807, 2.05) is 26.0 Å². The second-order valence-corrected chi connectivity index (χ2v) is 3.95. The minimum atomic E-state index is -0.167. The number of ether oxygens (including phenoxy) is 2. The van der Waals surface area contributed by atoms with Crippen molar-refractivity contribution in [3.8, 4) is 11.5 Å². The van der Waals surface area contributed by atoms with E-state index >= 15 is 0 Å². The largest absolute Gasteiger partial charge is 0.454 e. The van der Waals surface area contributed by atoms with E-state index < -0.39 is 0 Å². The molecule has 1 heterocycles. The third kappa shape index (κ3) is 1.78. The van der Waals surface area contributed by atoms with Crippen molar-refractivity contribution in [3.63, 3.8) is 0 Å². The van der Waals surface area contributed by atoms with Crippen molar-refractivity contribution in [1.29, 1.82) is 0 Å². The van der Waals surface area contributed by atoms with Gasteiger partial charge in [-0.2, -0.15) is 0 Å². The van der Waals surface area contributed by atoms with Gasteiger partial charge in [0.1, 0.15) is 0 Å². The van der Waals surface area contributed by atoms with Crippen LogP contribution < -0.4 is 20.9 Å². The molecular formula is C11H16N2O2. The first kappa shape index (κ1) is 10.3. The van der Waals surface area contributed by atoms with Gasteiger partial charge in [-0.05, 0) is 37.1 Å². The van der Waals surface area contributed by atoms with Crippen LogP contribution >= 0.6 is 0 Å². The van der Waals surface area contributed by atoms with Crippen LogP contribution in [0, 0.1) is 6.92 Å². The highest BCUT2D eigenvalue weighted by Gasteiger charge is 2.20. The molecule has 1 aliphatic rings. The number of nitrogens with two attached hydrogens (primary N) is 2.